The molecule has 0 heterocycles. The fourth-order valence-electron chi connectivity index (χ4n) is 1.10. The van der Waals surface area contributed by atoms with Gasteiger partial charge < -0.3 is 10.5 Å². The largest absolute Gasteiger partial charge is 0.491 e. The fourth-order valence-corrected chi connectivity index (χ4v) is 1.10. The van der Waals surface area contributed by atoms with E-state index in [2.05, 4.69) is 5.10 Å². The molecule has 6 heteroatoms. The maximum atomic E-state index is 13.5. The Morgan fingerprint density at radius 3 is 3.00 bits per heavy atom. The molecule has 17 heavy (non-hydrogen) atoms. The molecule has 0 spiro atoms. The van der Waals surface area contributed by atoms with Gasteiger partial charge in [-0.3, -0.25) is 0 Å². The van der Waals surface area contributed by atoms with Crippen molar-refractivity contribution >= 4 is 12.2 Å². The summed E-state index contributed by atoms with van der Waals surface area (Å²) < 4.78 is 18.6. The molecule has 1 aromatic rings. The van der Waals surface area contributed by atoms with Gasteiger partial charge in [-0.05, 0) is 30.2 Å². The number of rotatable bonds is 5. The summed E-state index contributed by atoms with van der Waals surface area (Å²) in [6.45, 7) is 2.40. The first-order valence-electron chi connectivity index (χ1n) is 5.14. The minimum atomic E-state index is -0.773. The van der Waals surface area contributed by atoms with Crippen molar-refractivity contribution in [2.24, 2.45) is 10.8 Å². The number of nitrogens with two attached hydrogens (primary N) is 1. The van der Waals surface area contributed by atoms with Crippen LogP contribution in [0, 0.1) is 5.82 Å². The van der Waals surface area contributed by atoms with E-state index in [0.717, 1.165) is 6.42 Å². The number of hydrogen-bond acceptors (Lipinski definition) is 3. The quantitative estimate of drug-likeness (QED) is 0.605. The lowest BCUT2D eigenvalue weighted by molar-refractivity contribution is 0.249. The van der Waals surface area contributed by atoms with Crippen LogP contribution in [-0.2, 0) is 0 Å². The first-order chi connectivity index (χ1) is 8.13. The Bertz CT molecular complexity index is 421. The average molecular weight is 239 g/mol. The highest BCUT2D eigenvalue weighted by Gasteiger charge is 2.03. The van der Waals surface area contributed by atoms with Crippen LogP contribution < -0.4 is 15.9 Å². The Balaban J connectivity index is 2.68. The van der Waals surface area contributed by atoms with E-state index in [1.165, 1.54) is 18.3 Å². The van der Waals surface area contributed by atoms with E-state index >= 15 is 0 Å². The monoisotopic (exact) mass is 239 g/mol. The molecule has 0 saturated carbocycles. The van der Waals surface area contributed by atoms with E-state index in [9.17, 15) is 9.18 Å². The third-order valence-electron chi connectivity index (χ3n) is 1.81. The normalized spacial score (nSPS) is 10.5. The van der Waals surface area contributed by atoms with Gasteiger partial charge in [-0.25, -0.2) is 14.6 Å². The van der Waals surface area contributed by atoms with Crippen LogP contribution in [0.15, 0.2) is 23.3 Å². The number of hydrogen-bond donors (Lipinski definition) is 2. The van der Waals surface area contributed by atoms with Crippen LogP contribution in [0.25, 0.3) is 0 Å². The van der Waals surface area contributed by atoms with Crippen LogP contribution in [0.1, 0.15) is 18.9 Å². The van der Waals surface area contributed by atoms with Gasteiger partial charge >= 0.3 is 6.03 Å². The van der Waals surface area contributed by atoms with E-state index in [4.69, 9.17) is 10.5 Å². The molecule has 0 aromatic heterocycles. The van der Waals surface area contributed by atoms with E-state index in [0.29, 0.717) is 12.2 Å². The first kappa shape index (κ1) is 13.0. The zero-order valence-electron chi connectivity index (χ0n) is 9.44. The number of amides is 2. The molecule has 3 N–H and O–H groups in total. The van der Waals surface area contributed by atoms with Crippen LogP contribution in [0.5, 0.6) is 5.75 Å². The minimum Gasteiger partial charge on any atom is -0.491 e. The van der Waals surface area contributed by atoms with Crippen LogP contribution in [-0.4, -0.2) is 18.9 Å². The number of halogens is 1. The molecule has 1 aromatic carbocycles. The number of urea groups is 1. The molecule has 0 fully saturated rings. The van der Waals surface area contributed by atoms with Gasteiger partial charge in [-0.15, -0.1) is 0 Å². The Morgan fingerprint density at radius 2 is 2.41 bits per heavy atom. The van der Waals surface area contributed by atoms with Crippen molar-refractivity contribution in [3.05, 3.63) is 29.6 Å². The van der Waals surface area contributed by atoms with Gasteiger partial charge in [0, 0.05) is 0 Å². The highest BCUT2D eigenvalue weighted by Crippen LogP contribution is 2.17. The van der Waals surface area contributed by atoms with Crippen molar-refractivity contribution < 1.29 is 13.9 Å². The Labute approximate surface area is 98.5 Å². The van der Waals surface area contributed by atoms with Gasteiger partial charge in [0.05, 0.1) is 12.8 Å². The van der Waals surface area contributed by atoms with Gasteiger partial charge in [-0.2, -0.15) is 5.10 Å². The van der Waals surface area contributed by atoms with E-state index in [-0.39, 0.29) is 5.75 Å². The molecule has 0 saturated heterocycles. The predicted octanol–water partition coefficient (Wildman–Crippen LogP) is 1.62. The summed E-state index contributed by atoms with van der Waals surface area (Å²) in [6.07, 6.45) is 2.10. The molecule has 0 aliphatic rings. The number of nitrogens with one attached hydrogen (secondary N) is 1. The number of benzene rings is 1. The average Bonchev–Trinajstić information content (AvgIpc) is 2.27. The molecule has 5 nitrogen and oxygen atoms in total. The van der Waals surface area contributed by atoms with Crippen LogP contribution in [0.4, 0.5) is 9.18 Å². The lowest BCUT2D eigenvalue weighted by Gasteiger charge is -2.05. The third kappa shape index (κ3) is 4.50. The zero-order valence-corrected chi connectivity index (χ0v) is 9.44. The molecule has 92 valence electrons. The second-order valence-corrected chi connectivity index (χ2v) is 3.27. The highest BCUT2D eigenvalue weighted by atomic mass is 19.1. The van der Waals surface area contributed by atoms with Crippen molar-refractivity contribution in [2.75, 3.05) is 6.61 Å². The van der Waals surface area contributed by atoms with Crippen molar-refractivity contribution in [2.45, 2.75) is 13.3 Å². The molecular weight excluding hydrogens is 225 g/mol. The Kier molecular flexibility index (Phi) is 4.93. The summed E-state index contributed by atoms with van der Waals surface area (Å²) in [7, 11) is 0. The molecule has 0 aliphatic heterocycles. The minimum absolute atomic E-state index is 0.201. The smallest absolute Gasteiger partial charge is 0.332 e. The molecule has 0 unspecified atom stereocenters. The molecule has 2 amide bonds. The van der Waals surface area contributed by atoms with Crippen molar-refractivity contribution in [1.29, 1.82) is 0 Å². The maximum Gasteiger partial charge on any atom is 0.332 e. The zero-order chi connectivity index (χ0) is 12.7. The summed E-state index contributed by atoms with van der Waals surface area (Å²) in [6, 6.07) is 3.62. The highest BCUT2D eigenvalue weighted by molar-refractivity contribution is 5.81. The van der Waals surface area contributed by atoms with Crippen molar-refractivity contribution in [3.63, 3.8) is 0 Å². The SMILES string of the molecule is CCCOc1ccc(C=NNC(N)=O)cc1F. The fraction of sp³-hybridized carbons (Fsp3) is 0.273. The molecule has 0 bridgehead atoms. The lowest BCUT2D eigenvalue weighted by atomic mass is 10.2. The summed E-state index contributed by atoms with van der Waals surface area (Å²) in [5, 5.41) is 3.52. The Hall–Kier alpha value is -2.11. The number of ether oxygens (including phenoxy) is 1. The van der Waals surface area contributed by atoms with Crippen molar-refractivity contribution in [1.82, 2.24) is 5.43 Å². The molecule has 0 atom stereocenters. The number of hydrazone groups is 1. The number of carbonyl (C=O) groups is 1. The van der Waals surface area contributed by atoms with E-state index in [1.807, 2.05) is 12.3 Å². The standard InChI is InChI=1S/C11H14FN3O2/c1-2-5-17-10-4-3-8(6-9(10)12)7-14-15-11(13)16/h3-4,6-7H,2,5H2,1H3,(H3,13,15,16). The predicted molar refractivity (Wildman–Crippen MR) is 62.5 cm³/mol. The third-order valence-corrected chi connectivity index (χ3v) is 1.81. The van der Waals surface area contributed by atoms with Gasteiger partial charge in [0.2, 0.25) is 0 Å². The number of nitrogens with zero attached hydrogens (tertiary/aromatic N) is 1. The maximum absolute atomic E-state index is 13.5. The lowest BCUT2D eigenvalue weighted by Crippen LogP contribution is -2.24. The summed E-state index contributed by atoms with van der Waals surface area (Å²) in [5.41, 5.74) is 7.32. The summed E-state index contributed by atoms with van der Waals surface area (Å²) in [5.74, 6) is -0.270. The van der Waals surface area contributed by atoms with Gasteiger partial charge in [0.1, 0.15) is 0 Å². The van der Waals surface area contributed by atoms with E-state index in [1.54, 1.807) is 6.07 Å². The van der Waals surface area contributed by atoms with Crippen LogP contribution in [0.2, 0.25) is 0 Å². The molecular formula is C11H14FN3O2. The van der Waals surface area contributed by atoms with Crippen molar-refractivity contribution in [3.8, 4) is 5.75 Å². The summed E-state index contributed by atoms with van der Waals surface area (Å²) >= 11 is 0. The second-order valence-electron chi connectivity index (χ2n) is 3.27. The van der Waals surface area contributed by atoms with Crippen LogP contribution in [0.3, 0.4) is 0 Å². The molecule has 0 radical (unpaired) electrons. The Morgan fingerprint density at radius 1 is 1.65 bits per heavy atom. The van der Waals surface area contributed by atoms with Crippen LogP contribution >= 0.6 is 0 Å². The topological polar surface area (TPSA) is 76.7 Å². The first-order valence-corrected chi connectivity index (χ1v) is 5.14. The van der Waals surface area contributed by atoms with E-state index < -0.39 is 11.8 Å². The number of carbonyl (C=O) groups excluding carboxylic acids is 1. The molecule has 1 rings (SSSR count). The second kappa shape index (κ2) is 6.47. The molecule has 0 aliphatic carbocycles. The van der Waals surface area contributed by atoms with Gasteiger partial charge in [0.25, 0.3) is 0 Å². The summed E-state index contributed by atoms with van der Waals surface area (Å²) in [4.78, 5) is 10.3. The van der Waals surface area contributed by atoms with Gasteiger partial charge in [0.15, 0.2) is 11.6 Å². The number of primary amides is 1. The van der Waals surface area contributed by atoms with Gasteiger partial charge in [-0.1, -0.05) is 6.92 Å².